The first-order valence-corrected chi connectivity index (χ1v) is 8.68. The van der Waals surface area contributed by atoms with E-state index in [1.165, 1.54) is 14.2 Å². The van der Waals surface area contributed by atoms with E-state index in [-0.39, 0.29) is 11.6 Å². The number of nitrogens with one attached hydrogen (secondary N) is 1. The molecule has 3 unspecified atom stereocenters. The fourth-order valence-corrected chi connectivity index (χ4v) is 5.03. The highest BCUT2D eigenvalue weighted by molar-refractivity contribution is 9.11. The predicted molar refractivity (Wildman–Crippen MR) is 83.7 cm³/mol. The van der Waals surface area contributed by atoms with Crippen LogP contribution in [0.2, 0.25) is 0 Å². The molecule has 1 aromatic heterocycles. The van der Waals surface area contributed by atoms with E-state index in [9.17, 15) is 0 Å². The summed E-state index contributed by atoms with van der Waals surface area (Å²) < 4.78 is 12.8. The van der Waals surface area contributed by atoms with Gasteiger partial charge < -0.3 is 9.47 Å². The van der Waals surface area contributed by atoms with Crippen molar-refractivity contribution < 1.29 is 9.47 Å². The van der Waals surface area contributed by atoms with E-state index < -0.39 is 0 Å². The molecule has 0 saturated carbocycles. The Labute approximate surface area is 132 Å². The van der Waals surface area contributed by atoms with Crippen LogP contribution in [0.4, 0.5) is 0 Å². The SMILES string of the molecule is Cc1cc(C(NN)C2CCOC3(CCOC3)C2)sc1Br. The monoisotopic (exact) mass is 360 g/mol. The number of nitrogens with two attached hydrogens (primary N) is 1. The second-order valence-corrected chi connectivity index (χ2v) is 8.24. The first-order valence-electron chi connectivity index (χ1n) is 7.07. The van der Waals surface area contributed by atoms with Crippen LogP contribution in [0.3, 0.4) is 0 Å². The molecule has 3 rings (SSSR count). The van der Waals surface area contributed by atoms with Gasteiger partial charge in [-0.25, -0.2) is 0 Å². The third kappa shape index (κ3) is 2.82. The summed E-state index contributed by atoms with van der Waals surface area (Å²) in [5.74, 6) is 6.35. The third-order valence-corrected chi connectivity index (χ3v) is 6.65. The Morgan fingerprint density at radius 1 is 1.55 bits per heavy atom. The molecule has 2 aliphatic rings. The molecule has 3 N–H and O–H groups in total. The lowest BCUT2D eigenvalue weighted by molar-refractivity contribution is -0.103. The standard InChI is InChI=1S/C14H21BrN2O2S/c1-9-6-11(20-13(9)15)12(17-16)10-2-4-19-14(7-10)3-5-18-8-14/h6,10,12,17H,2-5,7-8,16H2,1H3. The Balaban J connectivity index is 1.78. The molecule has 0 radical (unpaired) electrons. The number of aryl methyl sites for hydroxylation is 1. The molecule has 0 aromatic carbocycles. The van der Waals surface area contributed by atoms with Gasteiger partial charge in [0.1, 0.15) is 0 Å². The average Bonchev–Trinajstić information content (AvgIpc) is 2.99. The average molecular weight is 361 g/mol. The zero-order valence-electron chi connectivity index (χ0n) is 11.7. The Morgan fingerprint density at radius 3 is 3.00 bits per heavy atom. The van der Waals surface area contributed by atoms with Crippen LogP contribution in [0, 0.1) is 12.8 Å². The fourth-order valence-electron chi connectivity index (χ4n) is 3.30. The van der Waals surface area contributed by atoms with E-state index >= 15 is 0 Å². The van der Waals surface area contributed by atoms with Gasteiger partial charge in [0.15, 0.2) is 0 Å². The van der Waals surface area contributed by atoms with Crippen LogP contribution in [-0.4, -0.2) is 25.4 Å². The zero-order valence-corrected chi connectivity index (χ0v) is 14.1. The Bertz CT molecular complexity index is 454. The van der Waals surface area contributed by atoms with Crippen molar-refractivity contribution in [1.82, 2.24) is 5.43 Å². The molecule has 0 amide bonds. The Hall–Kier alpha value is 0.0200. The lowest BCUT2D eigenvalue weighted by Gasteiger charge is -2.40. The van der Waals surface area contributed by atoms with E-state index in [2.05, 4.69) is 34.3 Å². The predicted octanol–water partition coefficient (Wildman–Crippen LogP) is 2.91. The first-order chi connectivity index (χ1) is 9.63. The summed E-state index contributed by atoms with van der Waals surface area (Å²) in [7, 11) is 0. The minimum Gasteiger partial charge on any atom is -0.378 e. The minimum absolute atomic E-state index is 0.0679. The summed E-state index contributed by atoms with van der Waals surface area (Å²) >= 11 is 5.38. The lowest BCUT2D eigenvalue weighted by Crippen LogP contribution is -2.45. The number of thiophene rings is 1. The summed E-state index contributed by atoms with van der Waals surface area (Å²) in [4.78, 5) is 1.30. The molecule has 4 nitrogen and oxygen atoms in total. The van der Waals surface area contributed by atoms with Crippen molar-refractivity contribution in [2.24, 2.45) is 11.8 Å². The summed E-state index contributed by atoms with van der Waals surface area (Å²) in [6.07, 6.45) is 3.08. The molecule has 3 heterocycles. The molecule has 2 fully saturated rings. The molecule has 1 aromatic rings. The molecule has 2 saturated heterocycles. The number of hydrogen-bond donors (Lipinski definition) is 2. The van der Waals surface area contributed by atoms with Crippen LogP contribution in [-0.2, 0) is 9.47 Å². The van der Waals surface area contributed by atoms with Crippen molar-refractivity contribution >= 4 is 27.3 Å². The molecule has 0 bridgehead atoms. The molecular formula is C14H21BrN2O2S. The van der Waals surface area contributed by atoms with Crippen LogP contribution in [0.1, 0.15) is 35.7 Å². The molecule has 112 valence electrons. The number of halogens is 1. The van der Waals surface area contributed by atoms with Crippen molar-refractivity contribution in [2.45, 2.75) is 37.8 Å². The van der Waals surface area contributed by atoms with Gasteiger partial charge in [0, 0.05) is 24.5 Å². The van der Waals surface area contributed by atoms with Crippen LogP contribution < -0.4 is 11.3 Å². The third-order valence-electron chi connectivity index (χ3n) is 4.43. The van der Waals surface area contributed by atoms with E-state index in [0.29, 0.717) is 5.92 Å². The van der Waals surface area contributed by atoms with E-state index in [0.717, 1.165) is 39.1 Å². The first kappa shape index (κ1) is 14.9. The smallest absolute Gasteiger partial charge is 0.0940 e. The van der Waals surface area contributed by atoms with E-state index in [1.54, 1.807) is 11.3 Å². The van der Waals surface area contributed by atoms with Crippen LogP contribution >= 0.6 is 27.3 Å². The van der Waals surface area contributed by atoms with Gasteiger partial charge in [0.05, 0.1) is 22.0 Å². The van der Waals surface area contributed by atoms with Crippen molar-refractivity contribution in [3.8, 4) is 0 Å². The molecule has 2 aliphatic heterocycles. The van der Waals surface area contributed by atoms with Crippen LogP contribution in [0.5, 0.6) is 0 Å². The highest BCUT2D eigenvalue weighted by Crippen LogP contribution is 2.43. The van der Waals surface area contributed by atoms with Gasteiger partial charge in [-0.15, -0.1) is 11.3 Å². The second-order valence-electron chi connectivity index (χ2n) is 5.84. The topological polar surface area (TPSA) is 56.5 Å². The highest BCUT2D eigenvalue weighted by Gasteiger charge is 2.43. The van der Waals surface area contributed by atoms with E-state index in [1.807, 2.05) is 0 Å². The summed E-state index contributed by atoms with van der Waals surface area (Å²) in [6, 6.07) is 2.43. The molecule has 0 aliphatic carbocycles. The second kappa shape index (κ2) is 6.02. The highest BCUT2D eigenvalue weighted by atomic mass is 79.9. The van der Waals surface area contributed by atoms with Gasteiger partial charge >= 0.3 is 0 Å². The van der Waals surface area contributed by atoms with Crippen LogP contribution in [0.25, 0.3) is 0 Å². The van der Waals surface area contributed by atoms with Crippen molar-refractivity contribution in [2.75, 3.05) is 19.8 Å². The maximum absolute atomic E-state index is 6.02. The molecule has 3 atom stereocenters. The van der Waals surface area contributed by atoms with Crippen molar-refractivity contribution in [3.05, 3.63) is 20.3 Å². The van der Waals surface area contributed by atoms with E-state index in [4.69, 9.17) is 15.3 Å². The van der Waals surface area contributed by atoms with Gasteiger partial charge in [-0.05, 0) is 53.2 Å². The van der Waals surface area contributed by atoms with Gasteiger partial charge in [0.25, 0.3) is 0 Å². The zero-order chi connectivity index (χ0) is 14.2. The Morgan fingerprint density at radius 2 is 2.40 bits per heavy atom. The summed E-state index contributed by atoms with van der Waals surface area (Å²) in [6.45, 7) is 4.47. The van der Waals surface area contributed by atoms with Gasteiger partial charge in [0.2, 0.25) is 0 Å². The maximum atomic E-state index is 6.02. The van der Waals surface area contributed by atoms with Crippen molar-refractivity contribution in [3.63, 3.8) is 0 Å². The van der Waals surface area contributed by atoms with Crippen LogP contribution in [0.15, 0.2) is 9.85 Å². The number of rotatable bonds is 3. The molecule has 1 spiro atoms. The van der Waals surface area contributed by atoms with Gasteiger partial charge in [-0.2, -0.15) is 0 Å². The molecule has 6 heteroatoms. The summed E-state index contributed by atoms with van der Waals surface area (Å²) in [5, 5.41) is 0. The van der Waals surface area contributed by atoms with Gasteiger partial charge in [-0.3, -0.25) is 11.3 Å². The number of hydrogen-bond acceptors (Lipinski definition) is 5. The quantitative estimate of drug-likeness (QED) is 0.642. The largest absolute Gasteiger partial charge is 0.378 e. The lowest BCUT2D eigenvalue weighted by atomic mass is 9.81. The molecular weight excluding hydrogens is 340 g/mol. The minimum atomic E-state index is -0.0679. The number of hydrazine groups is 1. The fraction of sp³-hybridized carbons (Fsp3) is 0.714. The normalized spacial score (nSPS) is 31.9. The van der Waals surface area contributed by atoms with Gasteiger partial charge in [-0.1, -0.05) is 0 Å². The molecule has 20 heavy (non-hydrogen) atoms. The summed E-state index contributed by atoms with van der Waals surface area (Å²) in [5.41, 5.74) is 4.23. The van der Waals surface area contributed by atoms with Crippen molar-refractivity contribution in [1.29, 1.82) is 0 Å². The Kier molecular flexibility index (Phi) is 4.50. The maximum Gasteiger partial charge on any atom is 0.0940 e. The number of ether oxygens (including phenoxy) is 2.